The van der Waals surface area contributed by atoms with Crippen molar-refractivity contribution >= 4 is 23.6 Å². The largest absolute Gasteiger partial charge is 0.456 e. The van der Waals surface area contributed by atoms with E-state index in [9.17, 15) is 14.0 Å². The molecule has 0 radical (unpaired) electrons. The lowest BCUT2D eigenvalue weighted by Crippen LogP contribution is -2.45. The zero-order valence-electron chi connectivity index (χ0n) is 14.8. The van der Waals surface area contributed by atoms with Gasteiger partial charge in [0, 0.05) is 16.7 Å². The molecule has 3 atom stereocenters. The predicted octanol–water partition coefficient (Wildman–Crippen LogP) is 3.79. The summed E-state index contributed by atoms with van der Waals surface area (Å²) in [5.74, 6) is 0.672. The minimum Gasteiger partial charge on any atom is -0.456 e. The highest BCUT2D eigenvalue weighted by molar-refractivity contribution is 7.99. The van der Waals surface area contributed by atoms with Gasteiger partial charge in [0.1, 0.15) is 5.82 Å². The normalized spacial score (nSPS) is 23.1. The number of carbonyl (C=O) groups is 2. The fourth-order valence-corrected chi connectivity index (χ4v) is 3.87. The average molecular weight is 367 g/mol. The number of halogens is 1. The maximum Gasteiger partial charge on any atom is 0.307 e. The van der Waals surface area contributed by atoms with Crippen LogP contribution >= 0.6 is 11.8 Å². The molecule has 138 valence electrons. The van der Waals surface area contributed by atoms with Crippen LogP contribution in [0.25, 0.3) is 0 Å². The highest BCUT2D eigenvalue weighted by atomic mass is 32.2. The van der Waals surface area contributed by atoms with E-state index in [0.29, 0.717) is 17.6 Å². The van der Waals surface area contributed by atoms with Crippen molar-refractivity contribution in [3.63, 3.8) is 0 Å². The van der Waals surface area contributed by atoms with E-state index in [-0.39, 0.29) is 30.8 Å². The third-order valence-electron chi connectivity index (χ3n) is 4.81. The van der Waals surface area contributed by atoms with Gasteiger partial charge in [0.25, 0.3) is 5.91 Å². The Morgan fingerprint density at radius 3 is 2.68 bits per heavy atom. The fourth-order valence-electron chi connectivity index (χ4n) is 3.04. The molecule has 25 heavy (non-hydrogen) atoms. The molecular formula is C19H26FNO3S. The van der Waals surface area contributed by atoms with Crippen LogP contribution in [-0.2, 0) is 14.3 Å². The average Bonchev–Trinajstić information content (AvgIpc) is 2.59. The molecule has 1 saturated carbocycles. The van der Waals surface area contributed by atoms with Gasteiger partial charge in [-0.25, -0.2) is 4.39 Å². The summed E-state index contributed by atoms with van der Waals surface area (Å²) in [4.78, 5) is 24.6. The van der Waals surface area contributed by atoms with Gasteiger partial charge in [-0.3, -0.25) is 9.59 Å². The zero-order chi connectivity index (χ0) is 18.2. The topological polar surface area (TPSA) is 55.4 Å². The predicted molar refractivity (Wildman–Crippen MR) is 96.8 cm³/mol. The Morgan fingerprint density at radius 1 is 1.24 bits per heavy atom. The van der Waals surface area contributed by atoms with Crippen LogP contribution in [-0.4, -0.2) is 30.3 Å². The standard InChI is InChI=1S/C19H26FNO3S/c1-13-4-3-5-17(14(13)2)21-18(22)12-24-19(23)10-11-25-16-8-6-15(20)7-9-16/h6-9,13-14,17H,3-5,10-12H2,1-2H3,(H,21,22)/t13-,14-,17+/m1/s1. The molecule has 1 aliphatic rings. The Kier molecular flexibility index (Phi) is 7.75. The first kappa shape index (κ1) is 19.8. The zero-order valence-corrected chi connectivity index (χ0v) is 15.6. The van der Waals surface area contributed by atoms with Crippen LogP contribution in [0.4, 0.5) is 4.39 Å². The van der Waals surface area contributed by atoms with Crippen LogP contribution < -0.4 is 5.32 Å². The lowest BCUT2D eigenvalue weighted by Gasteiger charge is -2.34. The number of rotatable bonds is 7. The molecule has 0 saturated heterocycles. The number of ether oxygens (including phenoxy) is 1. The van der Waals surface area contributed by atoms with Crippen molar-refractivity contribution in [2.75, 3.05) is 12.4 Å². The third-order valence-corrected chi connectivity index (χ3v) is 5.82. The molecule has 0 aromatic heterocycles. The number of carbonyl (C=O) groups excluding carboxylic acids is 2. The van der Waals surface area contributed by atoms with Gasteiger partial charge in [-0.05, 0) is 42.5 Å². The van der Waals surface area contributed by atoms with Crippen molar-refractivity contribution in [3.8, 4) is 0 Å². The Labute approximate surface area is 152 Å². The fraction of sp³-hybridized carbons (Fsp3) is 0.579. The number of hydrogen-bond donors (Lipinski definition) is 1. The molecule has 1 fully saturated rings. The van der Waals surface area contributed by atoms with Gasteiger partial charge in [-0.15, -0.1) is 11.8 Å². The molecule has 1 N–H and O–H groups in total. The van der Waals surface area contributed by atoms with E-state index >= 15 is 0 Å². The van der Waals surface area contributed by atoms with Crippen molar-refractivity contribution in [1.29, 1.82) is 0 Å². The Morgan fingerprint density at radius 2 is 1.96 bits per heavy atom. The van der Waals surface area contributed by atoms with Crippen LogP contribution in [0.15, 0.2) is 29.2 Å². The van der Waals surface area contributed by atoms with E-state index in [0.717, 1.165) is 17.7 Å². The van der Waals surface area contributed by atoms with Gasteiger partial charge < -0.3 is 10.1 Å². The lowest BCUT2D eigenvalue weighted by atomic mass is 9.78. The minimum absolute atomic E-state index is 0.170. The van der Waals surface area contributed by atoms with E-state index in [1.807, 2.05) is 0 Å². The molecule has 0 heterocycles. The van der Waals surface area contributed by atoms with Crippen LogP contribution in [0, 0.1) is 17.7 Å². The summed E-state index contributed by atoms with van der Waals surface area (Å²) >= 11 is 1.45. The molecule has 0 bridgehead atoms. The van der Waals surface area contributed by atoms with Crippen LogP contribution in [0.1, 0.15) is 39.5 Å². The summed E-state index contributed by atoms with van der Waals surface area (Å²) in [5, 5.41) is 2.98. The SMILES string of the molecule is C[C@@H]1[C@H](C)CCC[C@@H]1NC(=O)COC(=O)CCSc1ccc(F)cc1. The molecule has 1 amide bonds. The summed E-state index contributed by atoms with van der Waals surface area (Å²) in [5.41, 5.74) is 0. The summed E-state index contributed by atoms with van der Waals surface area (Å²) in [6.07, 6.45) is 3.52. The molecule has 1 aromatic carbocycles. The molecule has 4 nitrogen and oxygen atoms in total. The van der Waals surface area contributed by atoms with Crippen molar-refractivity contribution in [1.82, 2.24) is 5.32 Å². The number of thioether (sulfide) groups is 1. The van der Waals surface area contributed by atoms with E-state index < -0.39 is 5.97 Å². The molecule has 0 spiro atoms. The summed E-state index contributed by atoms with van der Waals surface area (Å²) in [6, 6.07) is 6.29. The van der Waals surface area contributed by atoms with E-state index in [1.54, 1.807) is 12.1 Å². The number of hydrogen-bond acceptors (Lipinski definition) is 4. The highest BCUT2D eigenvalue weighted by Crippen LogP contribution is 2.29. The summed E-state index contributed by atoms with van der Waals surface area (Å²) in [7, 11) is 0. The third kappa shape index (κ3) is 6.69. The molecule has 2 rings (SSSR count). The first-order valence-corrected chi connectivity index (χ1v) is 9.77. The highest BCUT2D eigenvalue weighted by Gasteiger charge is 2.28. The quantitative estimate of drug-likeness (QED) is 0.588. The molecule has 1 aliphatic carbocycles. The second-order valence-electron chi connectivity index (χ2n) is 6.65. The maximum atomic E-state index is 12.8. The molecule has 0 aliphatic heterocycles. The minimum atomic E-state index is -0.394. The van der Waals surface area contributed by atoms with Crippen molar-refractivity contribution in [2.24, 2.45) is 11.8 Å². The number of nitrogens with one attached hydrogen (secondary N) is 1. The Balaban J connectivity index is 1.62. The molecule has 1 aromatic rings. The van der Waals surface area contributed by atoms with Gasteiger partial charge in [-0.2, -0.15) is 0 Å². The summed E-state index contributed by atoms with van der Waals surface area (Å²) in [6.45, 7) is 4.15. The van der Waals surface area contributed by atoms with Crippen molar-refractivity contribution < 1.29 is 18.7 Å². The Bertz CT molecular complexity index is 579. The first-order chi connectivity index (χ1) is 12.0. The summed E-state index contributed by atoms with van der Waals surface area (Å²) < 4.78 is 17.8. The molecular weight excluding hydrogens is 341 g/mol. The van der Waals surface area contributed by atoms with Gasteiger partial charge in [0.2, 0.25) is 0 Å². The second kappa shape index (κ2) is 9.80. The van der Waals surface area contributed by atoms with Crippen LogP contribution in [0.5, 0.6) is 0 Å². The Hall–Kier alpha value is -1.56. The number of esters is 1. The van der Waals surface area contributed by atoms with Crippen LogP contribution in [0.2, 0.25) is 0 Å². The smallest absolute Gasteiger partial charge is 0.307 e. The lowest BCUT2D eigenvalue weighted by molar-refractivity contribution is -0.148. The van der Waals surface area contributed by atoms with Crippen LogP contribution in [0.3, 0.4) is 0 Å². The van der Waals surface area contributed by atoms with Gasteiger partial charge in [0.05, 0.1) is 6.42 Å². The monoisotopic (exact) mass is 367 g/mol. The molecule has 6 heteroatoms. The van der Waals surface area contributed by atoms with E-state index in [2.05, 4.69) is 19.2 Å². The van der Waals surface area contributed by atoms with Gasteiger partial charge in [-0.1, -0.05) is 26.7 Å². The maximum absolute atomic E-state index is 12.8. The molecule has 0 unspecified atom stereocenters. The number of amides is 1. The van der Waals surface area contributed by atoms with Gasteiger partial charge >= 0.3 is 5.97 Å². The van der Waals surface area contributed by atoms with E-state index in [4.69, 9.17) is 4.74 Å². The first-order valence-electron chi connectivity index (χ1n) is 8.79. The van der Waals surface area contributed by atoms with Gasteiger partial charge in [0.15, 0.2) is 6.61 Å². The van der Waals surface area contributed by atoms with E-state index in [1.165, 1.54) is 30.3 Å². The number of benzene rings is 1. The van der Waals surface area contributed by atoms with Crippen molar-refractivity contribution in [2.45, 2.75) is 50.5 Å². The van der Waals surface area contributed by atoms with Crippen molar-refractivity contribution in [3.05, 3.63) is 30.1 Å². The second-order valence-corrected chi connectivity index (χ2v) is 7.82.